The van der Waals surface area contributed by atoms with Crippen molar-refractivity contribution in [2.75, 3.05) is 32.6 Å². The van der Waals surface area contributed by atoms with Crippen molar-refractivity contribution in [2.45, 2.75) is 19.3 Å². The van der Waals surface area contributed by atoms with Crippen LogP contribution in [0.25, 0.3) is 10.9 Å². The summed E-state index contributed by atoms with van der Waals surface area (Å²) in [6.07, 6.45) is 3.33. The number of fused-ring (bicyclic) bond motifs is 1. The zero-order valence-electron chi connectivity index (χ0n) is 16.9. The van der Waals surface area contributed by atoms with Crippen LogP contribution in [0.4, 0.5) is 11.5 Å². The van der Waals surface area contributed by atoms with Crippen molar-refractivity contribution in [3.63, 3.8) is 0 Å². The molecule has 2 heterocycles. The van der Waals surface area contributed by atoms with Crippen molar-refractivity contribution in [1.82, 2.24) is 14.9 Å². The molecule has 0 bridgehead atoms. The van der Waals surface area contributed by atoms with Gasteiger partial charge in [0.2, 0.25) is 5.28 Å². The smallest absolute Gasteiger partial charge is 0.253 e. The number of ether oxygens (including phenoxy) is 2. The first-order valence-electron chi connectivity index (χ1n) is 9.84. The fourth-order valence-corrected chi connectivity index (χ4v) is 3.81. The highest BCUT2D eigenvalue weighted by Crippen LogP contribution is 2.35. The summed E-state index contributed by atoms with van der Waals surface area (Å²) in [5, 5.41) is 4.13. The number of halogens is 1. The highest BCUT2D eigenvalue weighted by molar-refractivity contribution is 6.28. The van der Waals surface area contributed by atoms with Gasteiger partial charge in [-0.25, -0.2) is 4.98 Å². The maximum absolute atomic E-state index is 12.7. The second-order valence-corrected chi connectivity index (χ2v) is 7.46. The van der Waals surface area contributed by atoms with Crippen LogP contribution in [0.2, 0.25) is 5.28 Å². The van der Waals surface area contributed by atoms with Crippen molar-refractivity contribution in [1.29, 1.82) is 0 Å². The van der Waals surface area contributed by atoms with E-state index in [1.54, 1.807) is 26.4 Å². The van der Waals surface area contributed by atoms with Crippen LogP contribution < -0.4 is 14.8 Å². The lowest BCUT2D eigenvalue weighted by Gasteiger charge is -2.26. The zero-order chi connectivity index (χ0) is 21.1. The molecular formula is C22H23ClN4O3. The van der Waals surface area contributed by atoms with Crippen molar-refractivity contribution in [2.24, 2.45) is 0 Å². The van der Waals surface area contributed by atoms with Crippen LogP contribution in [0.1, 0.15) is 29.6 Å². The molecule has 1 aliphatic rings. The number of hydrogen-bond acceptors (Lipinski definition) is 6. The molecule has 1 fully saturated rings. The number of piperidine rings is 1. The second-order valence-electron chi connectivity index (χ2n) is 7.12. The fraction of sp³-hybridized carbons (Fsp3) is 0.318. The predicted molar refractivity (Wildman–Crippen MR) is 117 cm³/mol. The van der Waals surface area contributed by atoms with Gasteiger partial charge in [-0.1, -0.05) is 0 Å². The topological polar surface area (TPSA) is 76.6 Å². The number of carbonyl (C=O) groups is 1. The summed E-state index contributed by atoms with van der Waals surface area (Å²) in [6, 6.07) is 10.9. The minimum absolute atomic E-state index is 0.0774. The highest BCUT2D eigenvalue weighted by Gasteiger charge is 2.18. The van der Waals surface area contributed by atoms with Gasteiger partial charge in [0.1, 0.15) is 5.82 Å². The average molecular weight is 427 g/mol. The summed E-state index contributed by atoms with van der Waals surface area (Å²) in [7, 11) is 3.14. The molecule has 0 unspecified atom stereocenters. The van der Waals surface area contributed by atoms with Gasteiger partial charge in [0.25, 0.3) is 5.91 Å². The van der Waals surface area contributed by atoms with E-state index in [-0.39, 0.29) is 11.2 Å². The molecule has 1 aromatic heterocycles. The van der Waals surface area contributed by atoms with Crippen LogP contribution in [0.5, 0.6) is 11.5 Å². The SMILES string of the molecule is COc1cc2nc(Cl)nc(Nc3ccc(C(=O)N4CCCCC4)cc3)c2cc1OC. The Kier molecular flexibility index (Phi) is 5.90. The maximum atomic E-state index is 12.7. The summed E-state index contributed by atoms with van der Waals surface area (Å²) in [5.41, 5.74) is 2.10. The first-order valence-corrected chi connectivity index (χ1v) is 10.2. The summed E-state index contributed by atoms with van der Waals surface area (Å²) in [5.74, 6) is 1.75. The summed E-state index contributed by atoms with van der Waals surface area (Å²) in [4.78, 5) is 23.2. The minimum Gasteiger partial charge on any atom is -0.493 e. The van der Waals surface area contributed by atoms with E-state index < -0.39 is 0 Å². The van der Waals surface area contributed by atoms with Gasteiger partial charge < -0.3 is 19.7 Å². The van der Waals surface area contributed by atoms with Gasteiger partial charge >= 0.3 is 0 Å². The number of amides is 1. The molecule has 156 valence electrons. The van der Waals surface area contributed by atoms with Crippen molar-refractivity contribution in [3.8, 4) is 11.5 Å². The van der Waals surface area contributed by atoms with Gasteiger partial charge in [0.05, 0.1) is 19.7 Å². The molecule has 7 nitrogen and oxygen atoms in total. The maximum Gasteiger partial charge on any atom is 0.253 e. The normalized spacial score (nSPS) is 13.9. The molecule has 0 atom stereocenters. The molecule has 8 heteroatoms. The number of carbonyl (C=O) groups excluding carboxylic acids is 1. The Bertz CT molecular complexity index is 1070. The molecule has 0 radical (unpaired) electrons. The lowest BCUT2D eigenvalue weighted by Crippen LogP contribution is -2.35. The monoisotopic (exact) mass is 426 g/mol. The Morgan fingerprint density at radius 1 is 1.00 bits per heavy atom. The molecule has 1 N–H and O–H groups in total. The number of benzene rings is 2. The number of methoxy groups -OCH3 is 2. The average Bonchev–Trinajstić information content (AvgIpc) is 2.78. The van der Waals surface area contributed by atoms with Crippen molar-refractivity contribution in [3.05, 3.63) is 47.2 Å². The van der Waals surface area contributed by atoms with E-state index in [1.165, 1.54) is 6.42 Å². The third-order valence-electron chi connectivity index (χ3n) is 5.21. The molecule has 1 aliphatic heterocycles. The molecule has 1 amide bonds. The Hall–Kier alpha value is -3.06. The summed E-state index contributed by atoms with van der Waals surface area (Å²) in [6.45, 7) is 1.66. The first-order chi connectivity index (χ1) is 14.6. The molecular weight excluding hydrogens is 404 g/mol. The molecule has 4 rings (SSSR count). The molecule has 0 aliphatic carbocycles. The minimum atomic E-state index is 0.0774. The van der Waals surface area contributed by atoms with E-state index in [4.69, 9.17) is 21.1 Å². The lowest BCUT2D eigenvalue weighted by atomic mass is 10.1. The Morgan fingerprint density at radius 3 is 2.33 bits per heavy atom. The zero-order valence-corrected chi connectivity index (χ0v) is 17.7. The number of likely N-dealkylation sites (tertiary alicyclic amines) is 1. The number of nitrogens with zero attached hydrogens (tertiary/aromatic N) is 3. The van der Waals surface area contributed by atoms with Gasteiger partial charge in [-0.05, 0) is 61.2 Å². The molecule has 2 aromatic carbocycles. The quantitative estimate of drug-likeness (QED) is 0.597. The van der Waals surface area contributed by atoms with Gasteiger partial charge in [0, 0.05) is 35.8 Å². The first kappa shape index (κ1) is 20.2. The van der Waals surface area contributed by atoms with Gasteiger partial charge in [0.15, 0.2) is 11.5 Å². The van der Waals surface area contributed by atoms with Crippen LogP contribution in [0.15, 0.2) is 36.4 Å². The summed E-state index contributed by atoms with van der Waals surface area (Å²) < 4.78 is 10.7. The van der Waals surface area contributed by atoms with E-state index >= 15 is 0 Å². The van der Waals surface area contributed by atoms with Crippen molar-refractivity contribution < 1.29 is 14.3 Å². The van der Waals surface area contributed by atoms with E-state index in [0.717, 1.165) is 37.0 Å². The molecule has 0 saturated carbocycles. The molecule has 0 spiro atoms. The van der Waals surface area contributed by atoms with E-state index in [1.807, 2.05) is 29.2 Å². The van der Waals surface area contributed by atoms with Crippen LogP contribution in [-0.4, -0.2) is 48.1 Å². The number of rotatable bonds is 5. The Morgan fingerprint density at radius 2 is 1.67 bits per heavy atom. The van der Waals surface area contributed by atoms with Crippen LogP contribution in [0.3, 0.4) is 0 Å². The summed E-state index contributed by atoms with van der Waals surface area (Å²) >= 11 is 6.13. The molecule has 30 heavy (non-hydrogen) atoms. The number of aromatic nitrogens is 2. The largest absolute Gasteiger partial charge is 0.493 e. The van der Waals surface area contributed by atoms with Crippen LogP contribution >= 0.6 is 11.6 Å². The number of nitrogens with one attached hydrogen (secondary N) is 1. The van der Waals surface area contributed by atoms with Gasteiger partial charge in [-0.3, -0.25) is 4.79 Å². The number of hydrogen-bond donors (Lipinski definition) is 1. The van der Waals surface area contributed by atoms with E-state index in [0.29, 0.717) is 28.4 Å². The van der Waals surface area contributed by atoms with Crippen molar-refractivity contribution >= 4 is 39.9 Å². The second kappa shape index (κ2) is 8.75. The predicted octanol–water partition coefficient (Wildman–Crippen LogP) is 4.67. The number of anilines is 2. The Labute approximate surface area is 180 Å². The lowest BCUT2D eigenvalue weighted by molar-refractivity contribution is 0.0724. The van der Waals surface area contributed by atoms with Crippen LogP contribution in [-0.2, 0) is 0 Å². The Balaban J connectivity index is 1.61. The fourth-order valence-electron chi connectivity index (χ4n) is 3.64. The van der Waals surface area contributed by atoms with E-state index in [9.17, 15) is 4.79 Å². The third kappa shape index (κ3) is 4.11. The molecule has 1 saturated heterocycles. The van der Waals surface area contributed by atoms with Crippen LogP contribution in [0, 0.1) is 0 Å². The molecule has 3 aromatic rings. The van der Waals surface area contributed by atoms with E-state index in [2.05, 4.69) is 15.3 Å². The highest BCUT2D eigenvalue weighted by atomic mass is 35.5. The standard InChI is InChI=1S/C22H23ClN4O3/c1-29-18-12-16-17(13-19(18)30-2)25-22(23)26-20(16)24-15-8-6-14(7-9-15)21(28)27-10-4-3-5-11-27/h6-9,12-13H,3-5,10-11H2,1-2H3,(H,24,25,26). The third-order valence-corrected chi connectivity index (χ3v) is 5.38. The van der Waals surface area contributed by atoms with Gasteiger partial charge in [-0.2, -0.15) is 4.98 Å². The van der Waals surface area contributed by atoms with Gasteiger partial charge in [-0.15, -0.1) is 0 Å².